The lowest BCUT2D eigenvalue weighted by Crippen LogP contribution is -2.44. The molecule has 1 heterocycles. The molecule has 0 aromatic carbocycles. The number of rotatable bonds is 7. The zero-order valence-electron chi connectivity index (χ0n) is 13.8. The van der Waals surface area contributed by atoms with Crippen LogP contribution in [0.25, 0.3) is 0 Å². The van der Waals surface area contributed by atoms with E-state index in [9.17, 15) is 9.90 Å². The molecule has 0 aliphatic carbocycles. The van der Waals surface area contributed by atoms with E-state index in [1.807, 2.05) is 33.8 Å². The molecular formula is C16H26ClN3O2. The second kappa shape index (κ2) is 8.34. The molecule has 0 fully saturated rings. The Bertz CT molecular complexity index is 491. The SMILES string of the molecule is CCCC(O)(CCC)CNC(=O)Nc1c(C)cc(C)nc1Cl. The Morgan fingerprint density at radius 2 is 1.91 bits per heavy atom. The summed E-state index contributed by atoms with van der Waals surface area (Å²) in [5.74, 6) is 0. The molecule has 0 bridgehead atoms. The molecule has 5 nitrogen and oxygen atoms in total. The fourth-order valence-electron chi connectivity index (χ4n) is 2.58. The Kier molecular flexibility index (Phi) is 7.10. The van der Waals surface area contributed by atoms with Crippen LogP contribution in [0.3, 0.4) is 0 Å². The first-order valence-corrected chi connectivity index (χ1v) is 8.10. The van der Waals surface area contributed by atoms with Gasteiger partial charge in [-0.05, 0) is 38.3 Å². The number of amides is 2. The molecule has 6 heteroatoms. The molecule has 22 heavy (non-hydrogen) atoms. The van der Waals surface area contributed by atoms with E-state index < -0.39 is 5.60 Å². The van der Waals surface area contributed by atoms with E-state index in [-0.39, 0.29) is 17.7 Å². The smallest absolute Gasteiger partial charge is 0.319 e. The maximum atomic E-state index is 12.0. The van der Waals surface area contributed by atoms with Gasteiger partial charge in [-0.15, -0.1) is 0 Å². The van der Waals surface area contributed by atoms with Gasteiger partial charge in [0, 0.05) is 12.2 Å². The van der Waals surface area contributed by atoms with Crippen LogP contribution in [0.1, 0.15) is 50.8 Å². The molecule has 0 saturated carbocycles. The first kappa shape index (κ1) is 18.7. The summed E-state index contributed by atoms with van der Waals surface area (Å²) in [5.41, 5.74) is 1.30. The van der Waals surface area contributed by atoms with E-state index in [1.54, 1.807) is 0 Å². The van der Waals surface area contributed by atoms with Crippen LogP contribution in [-0.4, -0.2) is 28.3 Å². The highest BCUT2D eigenvalue weighted by molar-refractivity contribution is 6.32. The van der Waals surface area contributed by atoms with Crippen molar-refractivity contribution in [1.82, 2.24) is 10.3 Å². The number of nitrogens with zero attached hydrogens (tertiary/aromatic N) is 1. The summed E-state index contributed by atoms with van der Waals surface area (Å²) in [4.78, 5) is 16.2. The molecule has 1 rings (SSSR count). The number of aromatic nitrogens is 1. The van der Waals surface area contributed by atoms with E-state index in [0.717, 1.165) is 24.1 Å². The molecular weight excluding hydrogens is 302 g/mol. The van der Waals surface area contributed by atoms with Crippen LogP contribution < -0.4 is 10.6 Å². The summed E-state index contributed by atoms with van der Waals surface area (Å²) >= 11 is 6.07. The minimum Gasteiger partial charge on any atom is -0.388 e. The van der Waals surface area contributed by atoms with E-state index in [2.05, 4.69) is 15.6 Å². The number of pyridine rings is 1. The van der Waals surface area contributed by atoms with Crippen LogP contribution in [0.4, 0.5) is 10.5 Å². The average molecular weight is 328 g/mol. The first-order valence-electron chi connectivity index (χ1n) is 7.72. The minimum absolute atomic E-state index is 0.219. The zero-order valence-corrected chi connectivity index (χ0v) is 14.5. The van der Waals surface area contributed by atoms with Crippen LogP contribution in [0.5, 0.6) is 0 Å². The number of hydrogen-bond acceptors (Lipinski definition) is 3. The predicted octanol–water partition coefficient (Wildman–Crippen LogP) is 3.80. The largest absolute Gasteiger partial charge is 0.388 e. The van der Waals surface area contributed by atoms with Crippen molar-refractivity contribution in [3.63, 3.8) is 0 Å². The molecule has 0 unspecified atom stereocenters. The maximum Gasteiger partial charge on any atom is 0.319 e. The van der Waals surface area contributed by atoms with Crippen molar-refractivity contribution < 1.29 is 9.90 Å². The molecule has 0 aliphatic heterocycles. The molecule has 1 aromatic rings. The lowest BCUT2D eigenvalue weighted by atomic mass is 9.93. The second-order valence-electron chi connectivity index (χ2n) is 5.78. The zero-order chi connectivity index (χ0) is 16.8. The molecule has 0 saturated heterocycles. The summed E-state index contributed by atoms with van der Waals surface area (Å²) < 4.78 is 0. The van der Waals surface area contributed by atoms with Gasteiger partial charge in [-0.2, -0.15) is 0 Å². The third kappa shape index (κ3) is 5.46. The Morgan fingerprint density at radius 1 is 1.32 bits per heavy atom. The van der Waals surface area contributed by atoms with E-state index >= 15 is 0 Å². The number of anilines is 1. The van der Waals surface area contributed by atoms with Crippen LogP contribution in [0.15, 0.2) is 6.07 Å². The van der Waals surface area contributed by atoms with Crippen molar-refractivity contribution in [3.8, 4) is 0 Å². The van der Waals surface area contributed by atoms with Gasteiger partial charge in [0.25, 0.3) is 0 Å². The molecule has 0 spiro atoms. The van der Waals surface area contributed by atoms with Crippen molar-refractivity contribution in [2.45, 2.75) is 59.0 Å². The number of halogens is 1. The number of aliphatic hydroxyl groups is 1. The topological polar surface area (TPSA) is 74.2 Å². The van der Waals surface area contributed by atoms with Crippen LogP contribution in [0.2, 0.25) is 5.15 Å². The fraction of sp³-hybridized carbons (Fsp3) is 0.625. The third-order valence-electron chi connectivity index (χ3n) is 3.55. The van der Waals surface area contributed by atoms with E-state index in [4.69, 9.17) is 11.6 Å². The van der Waals surface area contributed by atoms with E-state index in [0.29, 0.717) is 18.5 Å². The average Bonchev–Trinajstić information content (AvgIpc) is 2.41. The highest BCUT2D eigenvalue weighted by Crippen LogP contribution is 2.24. The van der Waals surface area contributed by atoms with Gasteiger partial charge in [0.05, 0.1) is 11.3 Å². The predicted molar refractivity (Wildman–Crippen MR) is 90.5 cm³/mol. The van der Waals surface area contributed by atoms with Gasteiger partial charge < -0.3 is 15.7 Å². The van der Waals surface area contributed by atoms with Gasteiger partial charge in [0.1, 0.15) is 0 Å². The summed E-state index contributed by atoms with van der Waals surface area (Å²) in [6, 6.07) is 1.47. The Balaban J connectivity index is 2.67. The number of carbonyl (C=O) groups is 1. The Morgan fingerprint density at radius 3 is 2.41 bits per heavy atom. The number of carbonyl (C=O) groups excluding carboxylic acids is 1. The van der Waals surface area contributed by atoms with Crippen molar-refractivity contribution in [2.75, 3.05) is 11.9 Å². The quantitative estimate of drug-likeness (QED) is 0.667. The van der Waals surface area contributed by atoms with Crippen molar-refractivity contribution in [1.29, 1.82) is 0 Å². The molecule has 0 radical (unpaired) electrons. The van der Waals surface area contributed by atoms with Crippen molar-refractivity contribution >= 4 is 23.3 Å². The fourth-order valence-corrected chi connectivity index (χ4v) is 2.91. The second-order valence-corrected chi connectivity index (χ2v) is 6.14. The number of nitrogens with one attached hydrogen (secondary N) is 2. The van der Waals surface area contributed by atoms with Gasteiger partial charge in [0.15, 0.2) is 5.15 Å². The normalized spacial score (nSPS) is 11.4. The molecule has 2 amide bonds. The highest BCUT2D eigenvalue weighted by atomic mass is 35.5. The molecule has 0 aliphatic rings. The summed E-state index contributed by atoms with van der Waals surface area (Å²) in [7, 11) is 0. The maximum absolute atomic E-state index is 12.0. The Labute approximate surface area is 137 Å². The van der Waals surface area contributed by atoms with Crippen molar-refractivity contribution in [2.24, 2.45) is 0 Å². The number of hydrogen-bond donors (Lipinski definition) is 3. The first-order chi connectivity index (χ1) is 10.3. The monoisotopic (exact) mass is 327 g/mol. The van der Waals surface area contributed by atoms with Gasteiger partial charge in [-0.3, -0.25) is 0 Å². The molecule has 0 atom stereocenters. The van der Waals surface area contributed by atoms with Gasteiger partial charge in [-0.1, -0.05) is 38.3 Å². The van der Waals surface area contributed by atoms with E-state index in [1.165, 1.54) is 0 Å². The number of aryl methyl sites for hydroxylation is 2. The molecule has 1 aromatic heterocycles. The standard InChI is InChI=1S/C16H26ClN3O2/c1-5-7-16(22,8-6-2)10-18-15(21)20-13-11(3)9-12(4)19-14(13)17/h9,22H,5-8,10H2,1-4H3,(H2,18,20,21). The van der Waals surface area contributed by atoms with Gasteiger partial charge in [0.2, 0.25) is 0 Å². The highest BCUT2D eigenvalue weighted by Gasteiger charge is 2.25. The summed E-state index contributed by atoms with van der Waals surface area (Å²) in [6.07, 6.45) is 3.05. The van der Waals surface area contributed by atoms with Crippen LogP contribution in [0, 0.1) is 13.8 Å². The third-order valence-corrected chi connectivity index (χ3v) is 3.82. The molecule has 3 N–H and O–H groups in total. The lowest BCUT2D eigenvalue weighted by molar-refractivity contribution is 0.0245. The van der Waals surface area contributed by atoms with Gasteiger partial charge >= 0.3 is 6.03 Å². The summed E-state index contributed by atoms with van der Waals surface area (Å²) in [6.45, 7) is 7.96. The molecule has 124 valence electrons. The van der Waals surface area contributed by atoms with Crippen molar-refractivity contribution in [3.05, 3.63) is 22.5 Å². The Hall–Kier alpha value is -1.33. The lowest BCUT2D eigenvalue weighted by Gasteiger charge is -2.27. The minimum atomic E-state index is -0.856. The van der Waals surface area contributed by atoms with Crippen LogP contribution >= 0.6 is 11.6 Å². The summed E-state index contributed by atoms with van der Waals surface area (Å²) in [5, 5.41) is 16.2. The number of urea groups is 1. The van der Waals surface area contributed by atoms with Gasteiger partial charge in [-0.25, -0.2) is 9.78 Å². The van der Waals surface area contributed by atoms with Crippen LogP contribution in [-0.2, 0) is 0 Å².